The van der Waals surface area contributed by atoms with Crippen LogP contribution in [0.25, 0.3) is 11.8 Å². The van der Waals surface area contributed by atoms with Gasteiger partial charge >= 0.3 is 5.97 Å². The zero-order chi connectivity index (χ0) is 13.1. The van der Waals surface area contributed by atoms with E-state index in [0.717, 1.165) is 21.8 Å². The Kier molecular flexibility index (Phi) is 3.84. The van der Waals surface area contributed by atoms with E-state index in [1.54, 1.807) is 23.1 Å². The summed E-state index contributed by atoms with van der Waals surface area (Å²) in [5, 5.41) is 13.2. The highest BCUT2D eigenvalue weighted by atomic mass is 79.9. The molecule has 1 N–H and O–H groups in total. The number of aromatic nitrogens is 2. The van der Waals surface area contributed by atoms with Crippen LogP contribution in [0.15, 0.2) is 41.1 Å². The van der Waals surface area contributed by atoms with Gasteiger partial charge in [0.05, 0.1) is 16.9 Å². The van der Waals surface area contributed by atoms with Gasteiger partial charge in [-0.3, -0.25) is 0 Å². The van der Waals surface area contributed by atoms with Gasteiger partial charge < -0.3 is 5.11 Å². The third-order valence-corrected chi connectivity index (χ3v) is 3.02. The summed E-state index contributed by atoms with van der Waals surface area (Å²) >= 11 is 9.22. The number of hydrogen-bond donors (Lipinski definition) is 1. The minimum atomic E-state index is -0.978. The number of halogens is 2. The van der Waals surface area contributed by atoms with Gasteiger partial charge in [0.25, 0.3) is 0 Å². The van der Waals surface area contributed by atoms with Crippen LogP contribution in [0, 0.1) is 0 Å². The quantitative estimate of drug-likeness (QED) is 0.879. The largest absolute Gasteiger partial charge is 0.478 e. The van der Waals surface area contributed by atoms with E-state index in [2.05, 4.69) is 21.0 Å². The van der Waals surface area contributed by atoms with Gasteiger partial charge in [0.1, 0.15) is 0 Å². The van der Waals surface area contributed by atoms with Crippen LogP contribution in [-0.2, 0) is 4.79 Å². The number of aliphatic carboxylic acids is 1. The normalized spacial score (nSPS) is 11.0. The van der Waals surface area contributed by atoms with E-state index in [4.69, 9.17) is 16.7 Å². The van der Waals surface area contributed by atoms with Crippen LogP contribution >= 0.6 is 27.5 Å². The lowest BCUT2D eigenvalue weighted by atomic mass is 10.2. The average Bonchev–Trinajstić information content (AvgIpc) is 2.73. The van der Waals surface area contributed by atoms with Crippen molar-refractivity contribution in [2.75, 3.05) is 0 Å². The summed E-state index contributed by atoms with van der Waals surface area (Å²) in [4.78, 5) is 10.4. The zero-order valence-corrected chi connectivity index (χ0v) is 11.4. The van der Waals surface area contributed by atoms with E-state index >= 15 is 0 Å². The molecule has 18 heavy (non-hydrogen) atoms. The third-order valence-electron chi connectivity index (χ3n) is 2.19. The van der Waals surface area contributed by atoms with Crippen LogP contribution < -0.4 is 0 Å². The second kappa shape index (κ2) is 5.37. The summed E-state index contributed by atoms with van der Waals surface area (Å²) in [6.45, 7) is 0. The smallest absolute Gasteiger partial charge is 0.328 e. The lowest BCUT2D eigenvalue weighted by Gasteiger charge is -2.05. The van der Waals surface area contributed by atoms with E-state index in [0.29, 0.717) is 5.02 Å². The molecule has 0 bridgehead atoms. The van der Waals surface area contributed by atoms with E-state index < -0.39 is 5.97 Å². The van der Waals surface area contributed by atoms with Crippen molar-refractivity contribution in [3.8, 4) is 5.69 Å². The molecule has 92 valence electrons. The summed E-state index contributed by atoms with van der Waals surface area (Å²) in [7, 11) is 0. The number of hydrogen-bond acceptors (Lipinski definition) is 2. The first kappa shape index (κ1) is 12.9. The zero-order valence-electron chi connectivity index (χ0n) is 9.05. The topological polar surface area (TPSA) is 55.1 Å². The van der Waals surface area contributed by atoms with Crippen molar-refractivity contribution < 1.29 is 9.90 Å². The van der Waals surface area contributed by atoms with Crippen LogP contribution in [0.2, 0.25) is 5.02 Å². The molecule has 6 heteroatoms. The van der Waals surface area contributed by atoms with Crippen molar-refractivity contribution in [3.63, 3.8) is 0 Å². The molecule has 1 aromatic carbocycles. The Labute approximate surface area is 117 Å². The van der Waals surface area contributed by atoms with Crippen LogP contribution in [0.3, 0.4) is 0 Å². The molecular formula is C12H8BrClN2O2. The fourth-order valence-electron chi connectivity index (χ4n) is 1.41. The molecule has 0 unspecified atom stereocenters. The van der Waals surface area contributed by atoms with E-state index in [1.807, 2.05) is 12.1 Å². The first-order chi connectivity index (χ1) is 8.56. The van der Waals surface area contributed by atoms with Gasteiger partial charge in [-0.05, 0) is 39.7 Å². The van der Waals surface area contributed by atoms with E-state index in [-0.39, 0.29) is 0 Å². The summed E-state index contributed by atoms with van der Waals surface area (Å²) in [6.07, 6.45) is 5.85. The molecule has 0 fully saturated rings. The lowest BCUT2D eigenvalue weighted by Crippen LogP contribution is -1.95. The molecule has 1 heterocycles. The van der Waals surface area contributed by atoms with Crippen LogP contribution in [0.1, 0.15) is 5.56 Å². The first-order valence-corrected chi connectivity index (χ1v) is 6.14. The molecule has 0 spiro atoms. The molecule has 0 aliphatic heterocycles. The van der Waals surface area contributed by atoms with Crippen molar-refractivity contribution >= 4 is 39.6 Å². The number of nitrogens with zero attached hydrogens (tertiary/aromatic N) is 2. The molecule has 0 saturated carbocycles. The Bertz CT molecular complexity index is 622. The summed E-state index contributed by atoms with van der Waals surface area (Å²) in [5.41, 5.74) is 1.61. The van der Waals surface area contributed by atoms with E-state index in [1.165, 1.54) is 6.08 Å². The standard InChI is InChI=1S/C12H8BrClN2O2/c13-10-5-8(2-4-12(17)18)1-3-11(10)16-7-9(14)6-15-16/h1-7H,(H,17,18)/b4-2+. The second-order valence-corrected chi connectivity index (χ2v) is 4.78. The van der Waals surface area contributed by atoms with Gasteiger partial charge in [0.15, 0.2) is 0 Å². The molecular weight excluding hydrogens is 320 g/mol. The second-order valence-electron chi connectivity index (χ2n) is 3.49. The summed E-state index contributed by atoms with van der Waals surface area (Å²) < 4.78 is 2.44. The summed E-state index contributed by atoms with van der Waals surface area (Å²) in [5.74, 6) is -0.978. The maximum absolute atomic E-state index is 10.4. The molecule has 0 aliphatic carbocycles. The van der Waals surface area contributed by atoms with Gasteiger partial charge in [-0.15, -0.1) is 0 Å². The van der Waals surface area contributed by atoms with Gasteiger partial charge in [0.2, 0.25) is 0 Å². The molecule has 2 rings (SSSR count). The molecule has 4 nitrogen and oxygen atoms in total. The molecule has 0 radical (unpaired) electrons. The van der Waals surface area contributed by atoms with Crippen LogP contribution in [0.4, 0.5) is 0 Å². The minimum Gasteiger partial charge on any atom is -0.478 e. The molecule has 0 saturated heterocycles. The Morgan fingerprint density at radius 1 is 1.50 bits per heavy atom. The van der Waals surface area contributed by atoms with Gasteiger partial charge in [-0.25, -0.2) is 9.48 Å². The van der Waals surface area contributed by atoms with Gasteiger partial charge in [-0.2, -0.15) is 5.10 Å². The Morgan fingerprint density at radius 2 is 2.28 bits per heavy atom. The van der Waals surface area contributed by atoms with Crippen molar-refractivity contribution in [2.45, 2.75) is 0 Å². The maximum Gasteiger partial charge on any atom is 0.328 e. The predicted octanol–water partition coefficient (Wildman–Crippen LogP) is 3.39. The van der Waals surface area contributed by atoms with Crippen LogP contribution in [0.5, 0.6) is 0 Å². The highest BCUT2D eigenvalue weighted by Crippen LogP contribution is 2.23. The fraction of sp³-hybridized carbons (Fsp3) is 0. The Hall–Kier alpha value is -1.59. The molecule has 0 aliphatic rings. The molecule has 1 aromatic heterocycles. The first-order valence-electron chi connectivity index (χ1n) is 4.97. The van der Waals surface area contributed by atoms with Crippen molar-refractivity contribution in [2.24, 2.45) is 0 Å². The van der Waals surface area contributed by atoms with Gasteiger partial charge in [-0.1, -0.05) is 17.7 Å². The number of rotatable bonds is 3. The predicted molar refractivity (Wildman–Crippen MR) is 72.9 cm³/mol. The number of benzene rings is 1. The fourth-order valence-corrected chi connectivity index (χ4v) is 2.13. The maximum atomic E-state index is 10.4. The highest BCUT2D eigenvalue weighted by Gasteiger charge is 2.04. The Balaban J connectivity index is 2.33. The van der Waals surface area contributed by atoms with Gasteiger partial charge in [0, 0.05) is 16.7 Å². The van der Waals surface area contributed by atoms with Crippen molar-refractivity contribution in [1.29, 1.82) is 0 Å². The number of carboxylic acids is 1. The average molecular weight is 328 g/mol. The van der Waals surface area contributed by atoms with Crippen molar-refractivity contribution in [3.05, 3.63) is 51.7 Å². The third kappa shape index (κ3) is 3.00. The number of carbonyl (C=O) groups is 1. The molecule has 2 aromatic rings. The van der Waals surface area contributed by atoms with Crippen molar-refractivity contribution in [1.82, 2.24) is 9.78 Å². The SMILES string of the molecule is O=C(O)/C=C/c1ccc(-n2cc(Cl)cn2)c(Br)c1. The van der Waals surface area contributed by atoms with E-state index in [9.17, 15) is 4.79 Å². The molecule has 0 atom stereocenters. The summed E-state index contributed by atoms with van der Waals surface area (Å²) in [6, 6.07) is 5.44. The highest BCUT2D eigenvalue weighted by molar-refractivity contribution is 9.10. The Morgan fingerprint density at radius 3 is 2.83 bits per heavy atom. The van der Waals surface area contributed by atoms with Crippen LogP contribution in [-0.4, -0.2) is 20.9 Å². The minimum absolute atomic E-state index is 0.553. The lowest BCUT2D eigenvalue weighted by molar-refractivity contribution is -0.131. The molecule has 0 amide bonds. The number of carboxylic acid groups (broad SMARTS) is 1. The monoisotopic (exact) mass is 326 g/mol.